The molecule has 1 amide bonds. The van der Waals surface area contributed by atoms with Crippen molar-refractivity contribution in [1.82, 2.24) is 15.3 Å². The van der Waals surface area contributed by atoms with E-state index in [0.717, 1.165) is 42.6 Å². The minimum atomic E-state index is -0.461. The molecule has 138 valence electrons. The molecule has 1 saturated carbocycles. The molecule has 1 heterocycles. The average Bonchev–Trinajstić information content (AvgIpc) is 3.11. The van der Waals surface area contributed by atoms with Crippen LogP contribution < -0.4 is 10.2 Å². The number of nitrogens with one attached hydrogen (secondary N) is 1. The maximum absolute atomic E-state index is 13.1. The number of halogens is 1. The van der Waals surface area contributed by atoms with E-state index in [0.29, 0.717) is 17.5 Å². The van der Waals surface area contributed by atoms with Gasteiger partial charge in [-0.05, 0) is 43.5 Å². The summed E-state index contributed by atoms with van der Waals surface area (Å²) in [4.78, 5) is 23.9. The van der Waals surface area contributed by atoms with Crippen LogP contribution in [0.25, 0.3) is 0 Å². The van der Waals surface area contributed by atoms with Crippen molar-refractivity contribution < 1.29 is 4.79 Å². The van der Waals surface area contributed by atoms with Crippen LogP contribution in [0, 0.1) is 6.92 Å². The van der Waals surface area contributed by atoms with Crippen molar-refractivity contribution in [2.24, 2.45) is 0 Å². The number of carbonyl (C=O) groups excluding carboxylic acids is 1. The summed E-state index contributed by atoms with van der Waals surface area (Å²) in [5.41, 5.74) is 2.29. The molecule has 0 atom stereocenters. The van der Waals surface area contributed by atoms with Crippen LogP contribution in [-0.2, 0) is 16.8 Å². The van der Waals surface area contributed by atoms with Crippen LogP contribution >= 0.6 is 11.6 Å². The van der Waals surface area contributed by atoms with E-state index >= 15 is 0 Å². The Kier molecular flexibility index (Phi) is 5.47. The van der Waals surface area contributed by atoms with Gasteiger partial charge in [0, 0.05) is 24.8 Å². The number of carbonyl (C=O) groups is 1. The fraction of sp³-hybridized carbons (Fsp3) is 0.450. The van der Waals surface area contributed by atoms with Crippen LogP contribution in [0.15, 0.2) is 30.3 Å². The van der Waals surface area contributed by atoms with Gasteiger partial charge in [0.05, 0.1) is 17.7 Å². The van der Waals surface area contributed by atoms with Gasteiger partial charge in [-0.2, -0.15) is 0 Å². The van der Waals surface area contributed by atoms with Gasteiger partial charge >= 0.3 is 0 Å². The predicted molar refractivity (Wildman–Crippen MR) is 105 cm³/mol. The van der Waals surface area contributed by atoms with Crippen LogP contribution in [0.1, 0.15) is 42.6 Å². The molecule has 6 heteroatoms. The Morgan fingerprint density at radius 3 is 2.46 bits per heavy atom. The van der Waals surface area contributed by atoms with E-state index in [2.05, 4.69) is 15.3 Å². The molecule has 0 radical (unpaired) electrons. The second-order valence-corrected chi connectivity index (χ2v) is 7.61. The third-order valence-electron chi connectivity index (χ3n) is 5.01. The predicted octanol–water partition coefficient (Wildman–Crippen LogP) is 3.63. The Balaban J connectivity index is 1.78. The number of nitrogens with zero attached hydrogens (tertiary/aromatic N) is 3. The number of aryl methyl sites for hydroxylation is 1. The summed E-state index contributed by atoms with van der Waals surface area (Å²) < 4.78 is 0. The first-order valence-electron chi connectivity index (χ1n) is 8.97. The SMILES string of the molecule is Cc1cc(CNC(=O)C2(c3ccc(Cl)cc3)CCCC2)nc(N(C)C)n1. The van der Waals surface area contributed by atoms with E-state index < -0.39 is 5.41 Å². The quantitative estimate of drug-likeness (QED) is 0.870. The summed E-state index contributed by atoms with van der Waals surface area (Å²) >= 11 is 6.02. The van der Waals surface area contributed by atoms with E-state index in [-0.39, 0.29) is 5.91 Å². The summed E-state index contributed by atoms with van der Waals surface area (Å²) in [6.07, 6.45) is 3.86. The van der Waals surface area contributed by atoms with Gasteiger partial charge in [0.2, 0.25) is 11.9 Å². The van der Waals surface area contributed by atoms with Crippen LogP contribution in [-0.4, -0.2) is 30.0 Å². The van der Waals surface area contributed by atoms with Crippen molar-refractivity contribution >= 4 is 23.5 Å². The first kappa shape index (κ1) is 18.6. The highest BCUT2D eigenvalue weighted by Gasteiger charge is 2.42. The van der Waals surface area contributed by atoms with Crippen molar-refractivity contribution in [2.75, 3.05) is 19.0 Å². The van der Waals surface area contributed by atoms with Gasteiger partial charge < -0.3 is 10.2 Å². The van der Waals surface area contributed by atoms with Crippen LogP contribution in [0.5, 0.6) is 0 Å². The van der Waals surface area contributed by atoms with Crippen LogP contribution in [0.3, 0.4) is 0 Å². The topological polar surface area (TPSA) is 58.1 Å². The van der Waals surface area contributed by atoms with Gasteiger partial charge in [-0.1, -0.05) is 36.6 Å². The normalized spacial score (nSPS) is 15.7. The molecule has 26 heavy (non-hydrogen) atoms. The van der Waals surface area contributed by atoms with E-state index in [1.54, 1.807) is 0 Å². The molecular weight excluding hydrogens is 348 g/mol. The van der Waals surface area contributed by atoms with Gasteiger partial charge in [-0.25, -0.2) is 9.97 Å². The summed E-state index contributed by atoms with van der Waals surface area (Å²) in [5.74, 6) is 0.725. The van der Waals surface area contributed by atoms with Crippen molar-refractivity contribution in [3.8, 4) is 0 Å². The van der Waals surface area contributed by atoms with Crippen molar-refractivity contribution in [1.29, 1.82) is 0 Å². The Bertz CT molecular complexity index is 783. The third kappa shape index (κ3) is 3.83. The largest absolute Gasteiger partial charge is 0.350 e. The molecule has 5 nitrogen and oxygen atoms in total. The van der Waals surface area contributed by atoms with Gasteiger partial charge in [-0.15, -0.1) is 0 Å². The van der Waals surface area contributed by atoms with E-state index in [1.807, 2.05) is 56.3 Å². The number of rotatable bonds is 5. The molecular formula is C20H25ClN4O. The molecule has 1 aliphatic carbocycles. The Labute approximate surface area is 159 Å². The zero-order valence-electron chi connectivity index (χ0n) is 15.6. The summed E-state index contributed by atoms with van der Waals surface area (Å²) in [5, 5.41) is 3.80. The summed E-state index contributed by atoms with van der Waals surface area (Å²) in [6.45, 7) is 2.34. The number of benzene rings is 1. The number of amides is 1. The Morgan fingerprint density at radius 2 is 1.85 bits per heavy atom. The number of anilines is 1. The molecule has 1 fully saturated rings. The summed E-state index contributed by atoms with van der Waals surface area (Å²) in [7, 11) is 3.82. The van der Waals surface area contributed by atoms with E-state index in [9.17, 15) is 4.79 Å². The highest BCUT2D eigenvalue weighted by Crippen LogP contribution is 2.41. The number of aromatic nitrogens is 2. The lowest BCUT2D eigenvalue weighted by Crippen LogP contribution is -2.42. The molecule has 1 N–H and O–H groups in total. The van der Waals surface area contributed by atoms with Gasteiger partial charge in [-0.3, -0.25) is 4.79 Å². The molecule has 0 unspecified atom stereocenters. The molecule has 1 aromatic carbocycles. The van der Waals surface area contributed by atoms with E-state index in [1.165, 1.54) is 0 Å². The molecule has 0 saturated heterocycles. The second-order valence-electron chi connectivity index (χ2n) is 7.17. The molecule has 1 aliphatic rings. The zero-order valence-corrected chi connectivity index (χ0v) is 16.3. The summed E-state index contributed by atoms with van der Waals surface area (Å²) in [6, 6.07) is 9.60. The monoisotopic (exact) mass is 372 g/mol. The number of hydrogen-bond acceptors (Lipinski definition) is 4. The van der Waals surface area contributed by atoms with Crippen molar-refractivity contribution in [3.05, 3.63) is 52.3 Å². The maximum Gasteiger partial charge on any atom is 0.230 e. The average molecular weight is 373 g/mol. The lowest BCUT2D eigenvalue weighted by Gasteiger charge is -2.28. The Hall–Kier alpha value is -2.14. The molecule has 2 aromatic rings. The fourth-order valence-corrected chi connectivity index (χ4v) is 3.77. The first-order chi connectivity index (χ1) is 12.4. The highest BCUT2D eigenvalue weighted by molar-refractivity contribution is 6.30. The fourth-order valence-electron chi connectivity index (χ4n) is 3.64. The van der Waals surface area contributed by atoms with Crippen molar-refractivity contribution in [2.45, 2.75) is 44.6 Å². The standard InChI is InChI=1S/C20H25ClN4O/c1-14-12-17(24-19(23-14)25(2)3)13-22-18(26)20(10-4-5-11-20)15-6-8-16(21)9-7-15/h6-9,12H,4-5,10-11,13H2,1-3H3,(H,22,26). The third-order valence-corrected chi connectivity index (χ3v) is 5.27. The second kappa shape index (κ2) is 7.62. The minimum Gasteiger partial charge on any atom is -0.350 e. The van der Waals surface area contributed by atoms with Gasteiger partial charge in [0.15, 0.2) is 0 Å². The molecule has 1 aromatic heterocycles. The van der Waals surface area contributed by atoms with Crippen molar-refractivity contribution in [3.63, 3.8) is 0 Å². The molecule has 0 aliphatic heterocycles. The minimum absolute atomic E-state index is 0.0694. The highest BCUT2D eigenvalue weighted by atomic mass is 35.5. The Morgan fingerprint density at radius 1 is 1.19 bits per heavy atom. The lowest BCUT2D eigenvalue weighted by atomic mass is 9.78. The van der Waals surface area contributed by atoms with Crippen LogP contribution in [0.4, 0.5) is 5.95 Å². The maximum atomic E-state index is 13.1. The molecule has 0 bridgehead atoms. The molecule has 3 rings (SSSR count). The lowest BCUT2D eigenvalue weighted by molar-refractivity contribution is -0.126. The van der Waals surface area contributed by atoms with Gasteiger partial charge in [0.1, 0.15) is 0 Å². The van der Waals surface area contributed by atoms with Crippen LogP contribution in [0.2, 0.25) is 5.02 Å². The smallest absolute Gasteiger partial charge is 0.230 e. The zero-order chi connectivity index (χ0) is 18.7. The van der Waals surface area contributed by atoms with E-state index in [4.69, 9.17) is 11.6 Å². The van der Waals surface area contributed by atoms with Gasteiger partial charge in [0.25, 0.3) is 0 Å². The molecule has 0 spiro atoms. The number of hydrogen-bond donors (Lipinski definition) is 1. The first-order valence-corrected chi connectivity index (χ1v) is 9.35.